The number of rotatable bonds is 4. The van der Waals surface area contributed by atoms with Crippen molar-refractivity contribution in [3.8, 4) is 11.1 Å². The molecule has 2 aromatic rings. The molecule has 1 fully saturated rings. The van der Waals surface area contributed by atoms with Gasteiger partial charge in [0, 0.05) is 12.1 Å². The highest BCUT2D eigenvalue weighted by Crippen LogP contribution is 2.33. The molecule has 0 N–H and O–H groups in total. The van der Waals surface area contributed by atoms with Gasteiger partial charge in [0.25, 0.3) is 0 Å². The summed E-state index contributed by atoms with van der Waals surface area (Å²) in [5.41, 5.74) is 4.08. The van der Waals surface area contributed by atoms with E-state index in [-0.39, 0.29) is 5.12 Å². The molecule has 2 nitrogen and oxygen atoms in total. The van der Waals surface area contributed by atoms with Crippen LogP contribution in [0, 0.1) is 0 Å². The third-order valence-electron chi connectivity index (χ3n) is 4.88. The lowest BCUT2D eigenvalue weighted by Gasteiger charge is -2.30. The Morgan fingerprint density at radius 1 is 1.13 bits per heavy atom. The normalized spacial score (nSPS) is 17.3. The van der Waals surface area contributed by atoms with Crippen LogP contribution in [-0.4, -0.2) is 24.5 Å². The number of hydrogen-bond donors (Lipinski definition) is 1. The molecule has 0 atom stereocenters. The van der Waals surface area contributed by atoms with E-state index in [4.69, 9.17) is 0 Å². The maximum Gasteiger partial charge on any atom is 0.216 e. The molecule has 0 aromatic heterocycles. The minimum Gasteiger partial charge on any atom is -0.320 e. The summed E-state index contributed by atoms with van der Waals surface area (Å²) in [6.07, 6.45) is 1.30. The van der Waals surface area contributed by atoms with Crippen LogP contribution in [0.1, 0.15) is 22.3 Å². The highest BCUT2D eigenvalue weighted by Gasteiger charge is 2.34. The fourth-order valence-electron chi connectivity index (χ4n) is 3.52. The van der Waals surface area contributed by atoms with Gasteiger partial charge in [0.2, 0.25) is 5.12 Å². The first-order valence-corrected chi connectivity index (χ1v) is 11.7. The molecule has 3 rings (SSSR count). The predicted octanol–water partition coefficient (Wildman–Crippen LogP) is 4.83. The maximum atomic E-state index is 12.0. The van der Waals surface area contributed by atoms with Gasteiger partial charge < -0.3 is 4.57 Å². The van der Waals surface area contributed by atoms with Gasteiger partial charge in [-0.2, -0.15) is 0 Å². The van der Waals surface area contributed by atoms with Crippen LogP contribution in [0.25, 0.3) is 11.1 Å². The van der Waals surface area contributed by atoms with Crippen molar-refractivity contribution in [1.82, 2.24) is 4.57 Å². The molecule has 1 heterocycles. The Hall–Kier alpha value is -1.36. The first kappa shape index (κ1) is 16.5. The average molecular weight is 342 g/mol. The molecule has 0 saturated carbocycles. The predicted molar refractivity (Wildman–Crippen MR) is 103 cm³/mol. The second-order valence-corrected chi connectivity index (χ2v) is 12.0. The lowest BCUT2D eigenvalue weighted by Crippen LogP contribution is -2.42. The van der Waals surface area contributed by atoms with Crippen molar-refractivity contribution < 1.29 is 4.79 Å². The fraction of sp³-hybridized carbons (Fsp3) is 0.316. The van der Waals surface area contributed by atoms with E-state index < -0.39 is 8.24 Å². The number of nitrogens with zero attached hydrogens (tertiary/aromatic N) is 1. The quantitative estimate of drug-likeness (QED) is 0.635. The SMILES string of the molecule is C[Si]1(C)CCCN1Cc1cccc(C(=O)S)c1-c1ccccc1. The van der Waals surface area contributed by atoms with Crippen LogP contribution >= 0.6 is 12.6 Å². The molecule has 23 heavy (non-hydrogen) atoms. The summed E-state index contributed by atoms with van der Waals surface area (Å²) in [6.45, 7) is 6.98. The van der Waals surface area contributed by atoms with Crippen molar-refractivity contribution in [1.29, 1.82) is 0 Å². The van der Waals surface area contributed by atoms with Crippen LogP contribution in [0.5, 0.6) is 0 Å². The average Bonchev–Trinajstić information content (AvgIpc) is 2.86. The minimum absolute atomic E-state index is 0.163. The molecule has 2 aromatic carbocycles. The van der Waals surface area contributed by atoms with Gasteiger partial charge in [-0.1, -0.05) is 55.6 Å². The molecule has 0 unspecified atom stereocenters. The van der Waals surface area contributed by atoms with Gasteiger partial charge in [0.05, 0.1) is 0 Å². The number of benzene rings is 2. The van der Waals surface area contributed by atoms with Crippen LogP contribution in [0.4, 0.5) is 0 Å². The van der Waals surface area contributed by atoms with Crippen LogP contribution in [-0.2, 0) is 6.54 Å². The molecule has 1 aliphatic rings. The molecule has 120 valence electrons. The topological polar surface area (TPSA) is 20.3 Å². The van der Waals surface area contributed by atoms with E-state index >= 15 is 0 Å². The highest BCUT2D eigenvalue weighted by atomic mass is 32.1. The molecule has 0 radical (unpaired) electrons. The first-order valence-electron chi connectivity index (χ1n) is 8.15. The van der Waals surface area contributed by atoms with Gasteiger partial charge in [-0.15, -0.1) is 12.6 Å². The number of thiol groups is 1. The Morgan fingerprint density at radius 3 is 2.48 bits per heavy atom. The van der Waals surface area contributed by atoms with Crippen LogP contribution in [0.2, 0.25) is 19.1 Å². The molecule has 0 spiro atoms. The van der Waals surface area contributed by atoms with Gasteiger partial charge in [0.15, 0.2) is 0 Å². The van der Waals surface area contributed by atoms with Gasteiger partial charge >= 0.3 is 0 Å². The monoisotopic (exact) mass is 341 g/mol. The summed E-state index contributed by atoms with van der Waals surface area (Å²) in [7, 11) is -1.29. The summed E-state index contributed by atoms with van der Waals surface area (Å²) < 4.78 is 2.65. The molecule has 4 heteroatoms. The summed E-state index contributed by atoms with van der Waals surface area (Å²) >= 11 is 4.09. The van der Waals surface area contributed by atoms with Crippen LogP contribution < -0.4 is 0 Å². The Morgan fingerprint density at radius 2 is 1.87 bits per heavy atom. The van der Waals surface area contributed by atoms with Crippen LogP contribution in [0.3, 0.4) is 0 Å². The molecule has 0 bridgehead atoms. The zero-order valence-corrected chi connectivity index (χ0v) is 15.6. The van der Waals surface area contributed by atoms with E-state index in [1.54, 1.807) is 0 Å². The minimum atomic E-state index is -1.29. The Bertz CT molecular complexity index is 715. The highest BCUT2D eigenvalue weighted by molar-refractivity contribution is 7.97. The Kier molecular flexibility index (Phi) is 4.76. The van der Waals surface area contributed by atoms with E-state index in [1.807, 2.05) is 30.3 Å². The summed E-state index contributed by atoms with van der Waals surface area (Å²) in [6, 6.07) is 17.6. The first-order chi connectivity index (χ1) is 11.0. The van der Waals surface area contributed by atoms with Gasteiger partial charge in [-0.05, 0) is 41.8 Å². The Balaban J connectivity index is 2.07. The van der Waals surface area contributed by atoms with E-state index in [1.165, 1.54) is 24.6 Å². The largest absolute Gasteiger partial charge is 0.320 e. The van der Waals surface area contributed by atoms with E-state index in [2.05, 4.69) is 48.5 Å². The lowest BCUT2D eigenvalue weighted by molar-refractivity contribution is 0.109. The second kappa shape index (κ2) is 6.63. The molecule has 1 saturated heterocycles. The lowest BCUT2D eigenvalue weighted by atomic mass is 9.94. The van der Waals surface area contributed by atoms with E-state index in [0.29, 0.717) is 5.56 Å². The van der Waals surface area contributed by atoms with Gasteiger partial charge in [0.1, 0.15) is 8.24 Å². The van der Waals surface area contributed by atoms with Crippen molar-refractivity contribution in [2.75, 3.05) is 6.54 Å². The number of carbonyl (C=O) groups is 1. The number of carbonyl (C=O) groups excluding carboxylic acids is 1. The number of hydrogen-bond acceptors (Lipinski definition) is 2. The third-order valence-corrected chi connectivity index (χ3v) is 8.79. The maximum absolute atomic E-state index is 12.0. The summed E-state index contributed by atoms with van der Waals surface area (Å²) in [4.78, 5) is 12.0. The van der Waals surface area contributed by atoms with Crippen molar-refractivity contribution in [3.63, 3.8) is 0 Å². The third kappa shape index (κ3) is 3.44. The Labute approximate surface area is 145 Å². The van der Waals surface area contributed by atoms with Crippen molar-refractivity contribution >= 4 is 26.0 Å². The zero-order valence-electron chi connectivity index (χ0n) is 13.7. The van der Waals surface area contributed by atoms with E-state index in [9.17, 15) is 4.79 Å². The van der Waals surface area contributed by atoms with Crippen molar-refractivity contribution in [2.45, 2.75) is 32.1 Å². The van der Waals surface area contributed by atoms with Crippen molar-refractivity contribution in [3.05, 3.63) is 59.7 Å². The van der Waals surface area contributed by atoms with E-state index in [0.717, 1.165) is 17.7 Å². The molecule has 1 aliphatic heterocycles. The molecular formula is C19H23NOSSi. The summed E-state index contributed by atoms with van der Waals surface area (Å²) in [5.74, 6) is 0. The molecule has 0 amide bonds. The fourth-order valence-corrected chi connectivity index (χ4v) is 6.41. The van der Waals surface area contributed by atoms with Crippen LogP contribution in [0.15, 0.2) is 48.5 Å². The smallest absolute Gasteiger partial charge is 0.216 e. The summed E-state index contributed by atoms with van der Waals surface area (Å²) in [5, 5.41) is -0.163. The standard InChI is InChI=1S/C19H23NOSSi/c1-23(2)13-7-12-20(23)14-16-10-6-11-17(19(21)22)18(16)15-8-4-3-5-9-15/h3-6,8-11H,7,12-14H2,1-2H3,(H,21,22). The molecular weight excluding hydrogens is 318 g/mol. The van der Waals surface area contributed by atoms with Gasteiger partial charge in [-0.3, -0.25) is 4.79 Å². The second-order valence-electron chi connectivity index (χ2n) is 6.85. The molecule has 0 aliphatic carbocycles. The zero-order chi connectivity index (χ0) is 16.4. The van der Waals surface area contributed by atoms with Gasteiger partial charge in [-0.25, -0.2) is 0 Å². The van der Waals surface area contributed by atoms with Crippen molar-refractivity contribution in [2.24, 2.45) is 0 Å².